The molecule has 1 unspecified atom stereocenters. The first-order chi connectivity index (χ1) is 17.7. The number of amides is 1. The standard InChI is InChI=1S/C27H26F3N5O2/c1-2-34(23-11-9-20(16-31)24(15-23)27(28,29)30)22-10-8-19(14-22)25-17-32-18-33(25)12-13-35(26(36)37)21-6-4-3-5-7-21/h3-9,11,15,17-18,22H,2,10,12-14H2,1H3,(H,36,37). The van der Waals surface area contributed by atoms with Crippen molar-refractivity contribution in [2.24, 2.45) is 0 Å². The summed E-state index contributed by atoms with van der Waals surface area (Å²) < 4.78 is 42.4. The van der Waals surface area contributed by atoms with Gasteiger partial charge in [-0.2, -0.15) is 18.4 Å². The minimum Gasteiger partial charge on any atom is -0.465 e. The van der Waals surface area contributed by atoms with Crippen molar-refractivity contribution in [1.29, 1.82) is 5.26 Å². The highest BCUT2D eigenvalue weighted by atomic mass is 19.4. The minimum atomic E-state index is -4.62. The molecule has 0 bridgehead atoms. The van der Waals surface area contributed by atoms with E-state index in [0.717, 1.165) is 17.3 Å². The summed E-state index contributed by atoms with van der Waals surface area (Å²) in [6.07, 6.45) is 1.01. The van der Waals surface area contributed by atoms with Crippen molar-refractivity contribution in [3.05, 3.63) is 84.0 Å². The Morgan fingerprint density at radius 1 is 1.22 bits per heavy atom. The van der Waals surface area contributed by atoms with Crippen LogP contribution in [-0.2, 0) is 12.7 Å². The third-order valence-electron chi connectivity index (χ3n) is 6.54. The van der Waals surface area contributed by atoms with Gasteiger partial charge in [0, 0.05) is 37.1 Å². The van der Waals surface area contributed by atoms with Gasteiger partial charge in [0.2, 0.25) is 0 Å². The van der Waals surface area contributed by atoms with Crippen molar-refractivity contribution in [3.63, 3.8) is 0 Å². The molecule has 7 nitrogen and oxygen atoms in total. The highest BCUT2D eigenvalue weighted by Crippen LogP contribution is 2.37. The van der Waals surface area contributed by atoms with Crippen LogP contribution in [0.3, 0.4) is 0 Å². The van der Waals surface area contributed by atoms with Crippen molar-refractivity contribution in [3.8, 4) is 6.07 Å². The fraction of sp³-hybridized carbons (Fsp3) is 0.296. The maximum Gasteiger partial charge on any atom is 0.417 e. The summed E-state index contributed by atoms with van der Waals surface area (Å²) in [5, 5.41) is 18.8. The fourth-order valence-electron chi connectivity index (χ4n) is 4.76. The summed E-state index contributed by atoms with van der Waals surface area (Å²) in [5.41, 5.74) is 1.53. The van der Waals surface area contributed by atoms with E-state index < -0.39 is 23.4 Å². The van der Waals surface area contributed by atoms with Crippen LogP contribution in [0.4, 0.5) is 29.3 Å². The van der Waals surface area contributed by atoms with Crippen LogP contribution < -0.4 is 9.80 Å². The summed E-state index contributed by atoms with van der Waals surface area (Å²) in [6, 6.07) is 14.3. The van der Waals surface area contributed by atoms with E-state index in [0.29, 0.717) is 37.3 Å². The number of rotatable bonds is 8. The monoisotopic (exact) mass is 509 g/mol. The van der Waals surface area contributed by atoms with E-state index in [2.05, 4.69) is 11.1 Å². The quantitative estimate of drug-likeness (QED) is 0.401. The van der Waals surface area contributed by atoms with Gasteiger partial charge < -0.3 is 14.6 Å². The summed E-state index contributed by atoms with van der Waals surface area (Å²) in [5.74, 6) is 0. The Morgan fingerprint density at radius 2 is 1.97 bits per heavy atom. The average Bonchev–Trinajstić information content (AvgIpc) is 3.54. The number of alkyl halides is 3. The zero-order chi connectivity index (χ0) is 26.6. The van der Waals surface area contributed by atoms with Crippen molar-refractivity contribution in [2.45, 2.75) is 38.5 Å². The highest BCUT2D eigenvalue weighted by molar-refractivity contribution is 5.85. The number of benzene rings is 2. The zero-order valence-corrected chi connectivity index (χ0v) is 20.2. The molecule has 0 aliphatic heterocycles. The van der Waals surface area contributed by atoms with E-state index in [-0.39, 0.29) is 12.6 Å². The smallest absolute Gasteiger partial charge is 0.417 e. The lowest BCUT2D eigenvalue weighted by molar-refractivity contribution is -0.137. The molecule has 1 N–H and O–H groups in total. The first-order valence-electron chi connectivity index (χ1n) is 11.9. The third-order valence-corrected chi connectivity index (χ3v) is 6.54. The Hall–Kier alpha value is -4.26. The number of aromatic nitrogens is 2. The zero-order valence-electron chi connectivity index (χ0n) is 20.2. The van der Waals surface area contributed by atoms with E-state index in [1.54, 1.807) is 48.9 Å². The van der Waals surface area contributed by atoms with Crippen LogP contribution in [0, 0.1) is 11.3 Å². The highest BCUT2D eigenvalue weighted by Gasteiger charge is 2.35. The van der Waals surface area contributed by atoms with Gasteiger partial charge in [-0.1, -0.05) is 24.3 Å². The number of halogens is 3. The summed E-state index contributed by atoms with van der Waals surface area (Å²) in [4.78, 5) is 19.3. The van der Waals surface area contributed by atoms with Crippen LogP contribution in [0.15, 0.2) is 67.1 Å². The maximum atomic E-state index is 13.5. The molecule has 4 rings (SSSR count). The summed E-state index contributed by atoms with van der Waals surface area (Å²) >= 11 is 0. The van der Waals surface area contributed by atoms with Crippen molar-refractivity contribution in [1.82, 2.24) is 9.55 Å². The van der Waals surface area contributed by atoms with E-state index in [1.165, 1.54) is 11.0 Å². The van der Waals surface area contributed by atoms with Crippen LogP contribution in [-0.4, -0.2) is 39.9 Å². The number of carbonyl (C=O) groups is 1. The Morgan fingerprint density at radius 3 is 2.62 bits per heavy atom. The van der Waals surface area contributed by atoms with Crippen molar-refractivity contribution >= 4 is 23.0 Å². The SMILES string of the molecule is CCN(c1ccc(C#N)c(C(F)(F)F)c1)C1CC=C(c2cncn2CCN(C(=O)O)c2ccccc2)C1. The second kappa shape index (κ2) is 10.8. The van der Waals surface area contributed by atoms with Crippen LogP contribution in [0.25, 0.3) is 5.57 Å². The van der Waals surface area contributed by atoms with Crippen LogP contribution in [0.5, 0.6) is 0 Å². The number of para-hydroxylation sites is 1. The van der Waals surface area contributed by atoms with Crippen LogP contribution in [0.2, 0.25) is 0 Å². The number of nitriles is 1. The Balaban J connectivity index is 1.49. The number of imidazole rings is 1. The van der Waals surface area contributed by atoms with Gasteiger partial charge in [0.1, 0.15) is 0 Å². The minimum absolute atomic E-state index is 0.0581. The predicted molar refractivity (Wildman–Crippen MR) is 134 cm³/mol. The second-order valence-corrected chi connectivity index (χ2v) is 8.69. The van der Waals surface area contributed by atoms with Crippen LogP contribution >= 0.6 is 0 Å². The molecule has 1 amide bonds. The molecule has 0 spiro atoms. The average molecular weight is 510 g/mol. The number of hydrogen-bond acceptors (Lipinski definition) is 4. The van der Waals surface area contributed by atoms with E-state index in [4.69, 9.17) is 5.26 Å². The van der Waals surface area contributed by atoms with Gasteiger partial charge in [-0.15, -0.1) is 0 Å². The van der Waals surface area contributed by atoms with Gasteiger partial charge in [0.15, 0.2) is 0 Å². The number of hydrogen-bond donors (Lipinski definition) is 1. The number of carboxylic acid groups (broad SMARTS) is 1. The molecule has 3 aromatic rings. The molecule has 1 atom stereocenters. The third kappa shape index (κ3) is 5.61. The van der Waals surface area contributed by atoms with Gasteiger partial charge in [0.05, 0.1) is 35.4 Å². The lowest BCUT2D eigenvalue weighted by atomic mass is 10.0. The molecule has 0 saturated carbocycles. The number of nitrogens with zero attached hydrogens (tertiary/aromatic N) is 5. The molecule has 10 heteroatoms. The first kappa shape index (κ1) is 25.8. The van der Waals surface area contributed by atoms with Gasteiger partial charge in [-0.3, -0.25) is 4.90 Å². The topological polar surface area (TPSA) is 85.4 Å². The molecule has 1 aliphatic carbocycles. The molecule has 1 aromatic heterocycles. The summed E-state index contributed by atoms with van der Waals surface area (Å²) in [6.45, 7) is 3.00. The maximum absolute atomic E-state index is 13.5. The van der Waals surface area contributed by atoms with Crippen LogP contribution in [0.1, 0.15) is 36.6 Å². The van der Waals surface area contributed by atoms with Crippen molar-refractivity contribution < 1.29 is 23.1 Å². The molecule has 0 fully saturated rings. The van der Waals surface area contributed by atoms with Gasteiger partial charge in [0.25, 0.3) is 0 Å². The molecular formula is C27H26F3N5O2. The normalized spacial score (nSPS) is 15.2. The first-order valence-corrected chi connectivity index (χ1v) is 11.9. The molecule has 0 radical (unpaired) electrons. The molecular weight excluding hydrogens is 483 g/mol. The molecule has 2 aromatic carbocycles. The van der Waals surface area contributed by atoms with E-state index in [1.807, 2.05) is 22.5 Å². The van der Waals surface area contributed by atoms with Gasteiger partial charge in [-0.25, -0.2) is 9.78 Å². The largest absolute Gasteiger partial charge is 0.465 e. The Kier molecular flexibility index (Phi) is 7.53. The lowest BCUT2D eigenvalue weighted by Gasteiger charge is -2.31. The van der Waals surface area contributed by atoms with E-state index >= 15 is 0 Å². The predicted octanol–water partition coefficient (Wildman–Crippen LogP) is 6.03. The molecule has 37 heavy (non-hydrogen) atoms. The van der Waals surface area contributed by atoms with Crippen molar-refractivity contribution in [2.75, 3.05) is 22.9 Å². The molecule has 192 valence electrons. The van der Waals surface area contributed by atoms with Gasteiger partial charge >= 0.3 is 12.3 Å². The molecule has 1 aliphatic rings. The number of anilines is 2. The Bertz CT molecular complexity index is 1330. The van der Waals surface area contributed by atoms with Gasteiger partial charge in [-0.05, 0) is 55.7 Å². The molecule has 0 saturated heterocycles. The fourth-order valence-corrected chi connectivity index (χ4v) is 4.76. The second-order valence-electron chi connectivity index (χ2n) is 8.69. The van der Waals surface area contributed by atoms with E-state index in [9.17, 15) is 23.1 Å². The summed E-state index contributed by atoms with van der Waals surface area (Å²) in [7, 11) is 0. The molecule has 1 heterocycles. The lowest BCUT2D eigenvalue weighted by Crippen LogP contribution is -2.34. The Labute approximate surface area is 212 Å².